The van der Waals surface area contributed by atoms with Crippen LogP contribution in [0.3, 0.4) is 0 Å². The van der Waals surface area contributed by atoms with Crippen molar-refractivity contribution in [2.24, 2.45) is 0 Å². The zero-order valence-corrected chi connectivity index (χ0v) is 20.3. The van der Waals surface area contributed by atoms with E-state index in [1.54, 1.807) is 48.5 Å². The number of rotatable bonds is 8. The first-order valence-corrected chi connectivity index (χ1v) is 11.0. The van der Waals surface area contributed by atoms with Crippen LogP contribution in [0, 0.1) is 25.2 Å². The monoisotopic (exact) mass is 489 g/mol. The van der Waals surface area contributed by atoms with Crippen molar-refractivity contribution in [1.29, 1.82) is 5.26 Å². The zero-order valence-electron chi connectivity index (χ0n) is 19.5. The molecule has 0 spiro atoms. The third-order valence-electron chi connectivity index (χ3n) is 5.22. The van der Waals surface area contributed by atoms with E-state index in [0.29, 0.717) is 22.7 Å². The van der Waals surface area contributed by atoms with Crippen LogP contribution in [-0.4, -0.2) is 25.5 Å². The van der Waals surface area contributed by atoms with Crippen molar-refractivity contribution >= 4 is 40.9 Å². The molecule has 8 heteroatoms. The molecule has 0 atom stereocenters. The Hall–Kier alpha value is -4.28. The smallest absolute Gasteiger partial charge is 0.266 e. The highest BCUT2D eigenvalue weighted by Gasteiger charge is 2.13. The Balaban J connectivity index is 1.66. The standard InChI is InChI=1S/C27H24ClN3O4/c1-17-7-6-9-22(18(17)2)31-27(33)20(15-29)13-19-11-12-24(21(28)14-19)35-16-26(32)30-23-8-4-5-10-25(23)34-3/h4-14H,16H2,1-3H3,(H,30,32)(H,31,33)/b20-13-. The molecule has 0 aromatic heterocycles. The largest absolute Gasteiger partial charge is 0.495 e. The lowest BCUT2D eigenvalue weighted by molar-refractivity contribution is -0.118. The van der Waals surface area contributed by atoms with Gasteiger partial charge in [0.05, 0.1) is 17.8 Å². The molecule has 0 radical (unpaired) electrons. The Bertz CT molecular complexity index is 1330. The SMILES string of the molecule is COc1ccccc1NC(=O)COc1ccc(/C=C(/C#N)C(=O)Nc2cccc(C)c2C)cc1Cl. The van der Waals surface area contributed by atoms with Crippen molar-refractivity contribution in [2.45, 2.75) is 13.8 Å². The Morgan fingerprint density at radius 3 is 2.46 bits per heavy atom. The van der Waals surface area contributed by atoms with Gasteiger partial charge in [0.15, 0.2) is 6.61 Å². The average molecular weight is 490 g/mol. The van der Waals surface area contributed by atoms with Gasteiger partial charge in [-0.05, 0) is 66.9 Å². The molecular formula is C27H24ClN3O4. The average Bonchev–Trinajstić information content (AvgIpc) is 2.85. The van der Waals surface area contributed by atoms with E-state index in [1.807, 2.05) is 32.0 Å². The molecule has 3 aromatic rings. The van der Waals surface area contributed by atoms with Crippen LogP contribution in [0.25, 0.3) is 6.08 Å². The molecule has 2 amide bonds. The Labute approximate surface area is 208 Å². The minimum absolute atomic E-state index is 0.0770. The summed E-state index contributed by atoms with van der Waals surface area (Å²) in [4.78, 5) is 24.9. The van der Waals surface area contributed by atoms with E-state index in [9.17, 15) is 14.9 Å². The molecule has 0 fully saturated rings. The quantitative estimate of drug-likeness (QED) is 0.320. The highest BCUT2D eigenvalue weighted by molar-refractivity contribution is 6.32. The molecule has 3 rings (SSSR count). The fourth-order valence-electron chi connectivity index (χ4n) is 3.19. The fraction of sp³-hybridized carbons (Fsp3) is 0.148. The second-order valence-corrected chi connectivity index (χ2v) is 8.01. The molecule has 0 saturated carbocycles. The number of aryl methyl sites for hydroxylation is 1. The van der Waals surface area contributed by atoms with Gasteiger partial charge >= 0.3 is 0 Å². The number of ether oxygens (including phenoxy) is 2. The van der Waals surface area contributed by atoms with Gasteiger partial charge in [0.1, 0.15) is 23.1 Å². The highest BCUT2D eigenvalue weighted by Crippen LogP contribution is 2.27. The Kier molecular flexibility index (Phi) is 8.49. The van der Waals surface area contributed by atoms with Crippen LogP contribution in [0.5, 0.6) is 11.5 Å². The van der Waals surface area contributed by atoms with Crippen LogP contribution in [-0.2, 0) is 9.59 Å². The molecule has 0 aliphatic rings. The van der Waals surface area contributed by atoms with Crippen molar-refractivity contribution in [2.75, 3.05) is 24.4 Å². The van der Waals surface area contributed by atoms with Gasteiger partial charge < -0.3 is 20.1 Å². The summed E-state index contributed by atoms with van der Waals surface area (Å²) >= 11 is 6.31. The Morgan fingerprint density at radius 1 is 1.00 bits per heavy atom. The minimum Gasteiger partial charge on any atom is -0.495 e. The predicted octanol–water partition coefficient (Wildman–Crippen LogP) is 5.53. The van der Waals surface area contributed by atoms with Gasteiger partial charge in [-0.3, -0.25) is 9.59 Å². The number of nitrogens with one attached hydrogen (secondary N) is 2. The predicted molar refractivity (Wildman–Crippen MR) is 137 cm³/mol. The lowest BCUT2D eigenvalue weighted by atomic mass is 10.1. The number of carbonyl (C=O) groups excluding carboxylic acids is 2. The zero-order chi connectivity index (χ0) is 25.4. The van der Waals surface area contributed by atoms with Crippen LogP contribution in [0.1, 0.15) is 16.7 Å². The summed E-state index contributed by atoms with van der Waals surface area (Å²) in [7, 11) is 1.52. The van der Waals surface area contributed by atoms with Crippen LogP contribution in [0.15, 0.2) is 66.2 Å². The maximum atomic E-state index is 12.6. The van der Waals surface area contributed by atoms with Gasteiger partial charge in [0, 0.05) is 5.69 Å². The van der Waals surface area contributed by atoms with E-state index in [0.717, 1.165) is 11.1 Å². The van der Waals surface area contributed by atoms with Gasteiger partial charge in [0.2, 0.25) is 0 Å². The number of nitrogens with zero attached hydrogens (tertiary/aromatic N) is 1. The maximum Gasteiger partial charge on any atom is 0.266 e. The first kappa shape index (κ1) is 25.3. The summed E-state index contributed by atoms with van der Waals surface area (Å²) in [6, 6.07) is 19.3. The van der Waals surface area contributed by atoms with Crippen molar-refractivity contribution in [3.8, 4) is 17.6 Å². The number of hydrogen-bond acceptors (Lipinski definition) is 5. The van der Waals surface area contributed by atoms with E-state index >= 15 is 0 Å². The van der Waals surface area contributed by atoms with Gasteiger partial charge in [-0.15, -0.1) is 0 Å². The molecule has 3 aromatic carbocycles. The highest BCUT2D eigenvalue weighted by atomic mass is 35.5. The third kappa shape index (κ3) is 6.62. The molecule has 35 heavy (non-hydrogen) atoms. The van der Waals surface area contributed by atoms with E-state index < -0.39 is 5.91 Å². The maximum absolute atomic E-state index is 12.6. The topological polar surface area (TPSA) is 100 Å². The number of benzene rings is 3. The summed E-state index contributed by atoms with van der Waals surface area (Å²) in [5.41, 5.74) is 3.59. The molecule has 0 saturated heterocycles. The number of anilines is 2. The van der Waals surface area contributed by atoms with Crippen LogP contribution < -0.4 is 20.1 Å². The molecule has 0 aliphatic carbocycles. The molecule has 0 heterocycles. The molecular weight excluding hydrogens is 466 g/mol. The number of methoxy groups -OCH3 is 1. The van der Waals surface area contributed by atoms with E-state index in [4.69, 9.17) is 21.1 Å². The van der Waals surface area contributed by atoms with Crippen LogP contribution in [0.2, 0.25) is 5.02 Å². The second-order valence-electron chi connectivity index (χ2n) is 7.60. The first-order valence-electron chi connectivity index (χ1n) is 10.7. The number of halogens is 1. The summed E-state index contributed by atoms with van der Waals surface area (Å²) in [5, 5.41) is 15.2. The van der Waals surface area contributed by atoms with E-state index in [2.05, 4.69) is 10.6 Å². The Morgan fingerprint density at radius 2 is 1.74 bits per heavy atom. The summed E-state index contributed by atoms with van der Waals surface area (Å²) in [6.45, 7) is 3.57. The van der Waals surface area contributed by atoms with Gasteiger partial charge in [-0.2, -0.15) is 5.26 Å². The normalized spacial score (nSPS) is 10.8. The summed E-state index contributed by atoms with van der Waals surface area (Å²) in [6.07, 6.45) is 1.44. The van der Waals surface area contributed by atoms with Gasteiger partial charge in [0.25, 0.3) is 11.8 Å². The fourth-order valence-corrected chi connectivity index (χ4v) is 3.44. The van der Waals surface area contributed by atoms with Gasteiger partial charge in [-0.1, -0.05) is 41.9 Å². The van der Waals surface area contributed by atoms with Crippen molar-refractivity contribution in [1.82, 2.24) is 0 Å². The van der Waals surface area contributed by atoms with E-state index in [1.165, 1.54) is 13.2 Å². The number of para-hydroxylation sites is 2. The summed E-state index contributed by atoms with van der Waals surface area (Å²) in [5.74, 6) is -0.0858. The van der Waals surface area contributed by atoms with Gasteiger partial charge in [-0.25, -0.2) is 0 Å². The number of hydrogen-bond donors (Lipinski definition) is 2. The molecule has 2 N–H and O–H groups in total. The first-order chi connectivity index (χ1) is 16.8. The lowest BCUT2D eigenvalue weighted by Gasteiger charge is -2.12. The second kappa shape index (κ2) is 11.7. The molecule has 0 aliphatic heterocycles. The molecule has 7 nitrogen and oxygen atoms in total. The van der Waals surface area contributed by atoms with Crippen LogP contribution in [0.4, 0.5) is 11.4 Å². The minimum atomic E-state index is -0.523. The van der Waals surface area contributed by atoms with E-state index in [-0.39, 0.29) is 28.9 Å². The number of carbonyl (C=O) groups is 2. The molecule has 0 bridgehead atoms. The lowest BCUT2D eigenvalue weighted by Crippen LogP contribution is -2.20. The summed E-state index contributed by atoms with van der Waals surface area (Å²) < 4.78 is 10.7. The van der Waals surface area contributed by atoms with Crippen molar-refractivity contribution < 1.29 is 19.1 Å². The van der Waals surface area contributed by atoms with Crippen molar-refractivity contribution in [3.05, 3.63) is 87.9 Å². The number of nitriles is 1. The van der Waals surface area contributed by atoms with Crippen LogP contribution >= 0.6 is 11.6 Å². The molecule has 178 valence electrons. The molecule has 0 unspecified atom stereocenters. The van der Waals surface area contributed by atoms with Crippen molar-refractivity contribution in [3.63, 3.8) is 0 Å². The third-order valence-corrected chi connectivity index (χ3v) is 5.52. The number of amides is 2.